The monoisotopic (exact) mass is 277 g/mol. The number of hydrogen-bond donors (Lipinski definition) is 0. The summed E-state index contributed by atoms with van der Waals surface area (Å²) in [7, 11) is 1.92. The topological polar surface area (TPSA) is 20.3 Å². The molecular weight excluding hydrogens is 254 g/mol. The van der Waals surface area contributed by atoms with Crippen molar-refractivity contribution in [3.8, 4) is 0 Å². The maximum atomic E-state index is 12.0. The van der Waals surface area contributed by atoms with E-state index in [4.69, 9.17) is 0 Å². The molecule has 0 spiro atoms. The van der Waals surface area contributed by atoms with Gasteiger partial charge in [0.1, 0.15) is 0 Å². The van der Waals surface area contributed by atoms with Gasteiger partial charge < -0.3 is 4.90 Å². The molecule has 0 N–H and O–H groups in total. The third-order valence-electron chi connectivity index (χ3n) is 2.75. The number of hydrogen-bond acceptors (Lipinski definition) is 1. The zero-order valence-corrected chi connectivity index (χ0v) is 11.8. The molecule has 0 aliphatic heterocycles. The Morgan fingerprint density at radius 1 is 1.33 bits per heavy atom. The highest BCUT2D eigenvalue weighted by atomic mass is 79.9. The van der Waals surface area contributed by atoms with E-state index in [1.807, 2.05) is 11.9 Å². The Bertz CT molecular complexity index is 173. The minimum absolute atomic E-state index is 0.241. The molecule has 0 radical (unpaired) electrons. The van der Waals surface area contributed by atoms with Crippen LogP contribution in [-0.4, -0.2) is 29.7 Å². The number of alkyl halides is 1. The highest BCUT2D eigenvalue weighted by Crippen LogP contribution is 2.15. The van der Waals surface area contributed by atoms with Crippen LogP contribution in [0.25, 0.3) is 0 Å². The lowest BCUT2D eigenvalue weighted by molar-refractivity contribution is -0.134. The molecule has 1 unspecified atom stereocenters. The van der Waals surface area contributed by atoms with Crippen molar-refractivity contribution in [2.75, 3.05) is 18.9 Å². The molecule has 0 heterocycles. The molecule has 0 fully saturated rings. The maximum Gasteiger partial charge on any atom is 0.225 e. The number of carbonyl (C=O) groups is 1. The average Bonchev–Trinajstić information content (AvgIpc) is 2.26. The van der Waals surface area contributed by atoms with Gasteiger partial charge >= 0.3 is 0 Å². The summed E-state index contributed by atoms with van der Waals surface area (Å²) in [6, 6.07) is 0. The first-order chi connectivity index (χ1) is 7.17. The molecule has 0 aliphatic rings. The van der Waals surface area contributed by atoms with E-state index in [1.54, 1.807) is 0 Å². The first-order valence-electron chi connectivity index (χ1n) is 5.98. The molecule has 0 rings (SSSR count). The number of amides is 1. The quantitative estimate of drug-likeness (QED) is 0.623. The Hall–Kier alpha value is -0.0500. The largest absolute Gasteiger partial charge is 0.345 e. The van der Waals surface area contributed by atoms with Crippen molar-refractivity contribution < 1.29 is 4.79 Å². The predicted molar refractivity (Wildman–Crippen MR) is 69.4 cm³/mol. The Kier molecular flexibility index (Phi) is 9.17. The summed E-state index contributed by atoms with van der Waals surface area (Å²) >= 11 is 3.39. The van der Waals surface area contributed by atoms with Gasteiger partial charge in [-0.3, -0.25) is 4.79 Å². The fourth-order valence-electron chi connectivity index (χ4n) is 1.67. The lowest BCUT2D eigenvalue weighted by atomic mass is 9.98. The van der Waals surface area contributed by atoms with Gasteiger partial charge in [0.25, 0.3) is 0 Å². The molecule has 0 aromatic heterocycles. The molecule has 1 amide bonds. The van der Waals surface area contributed by atoms with Crippen molar-refractivity contribution >= 4 is 21.8 Å². The molecule has 0 aromatic carbocycles. The van der Waals surface area contributed by atoms with Gasteiger partial charge in [-0.25, -0.2) is 0 Å². The SMILES string of the molecule is CCCCC(CC)C(=O)N(C)CCCBr. The first-order valence-corrected chi connectivity index (χ1v) is 7.10. The molecule has 0 saturated carbocycles. The van der Waals surface area contributed by atoms with Crippen LogP contribution in [0.2, 0.25) is 0 Å². The van der Waals surface area contributed by atoms with E-state index in [1.165, 1.54) is 6.42 Å². The number of carbonyl (C=O) groups excluding carboxylic acids is 1. The van der Waals surface area contributed by atoms with E-state index < -0.39 is 0 Å². The van der Waals surface area contributed by atoms with Gasteiger partial charge in [-0.2, -0.15) is 0 Å². The summed E-state index contributed by atoms with van der Waals surface area (Å²) in [5.41, 5.74) is 0. The van der Waals surface area contributed by atoms with Crippen LogP contribution in [0.5, 0.6) is 0 Å². The molecule has 1 atom stereocenters. The van der Waals surface area contributed by atoms with Crippen molar-refractivity contribution in [3.05, 3.63) is 0 Å². The summed E-state index contributed by atoms with van der Waals surface area (Å²) in [4.78, 5) is 13.9. The second kappa shape index (κ2) is 9.20. The zero-order valence-electron chi connectivity index (χ0n) is 10.3. The van der Waals surface area contributed by atoms with Gasteiger partial charge in [-0.05, 0) is 19.3 Å². The lowest BCUT2D eigenvalue weighted by Crippen LogP contribution is -2.33. The van der Waals surface area contributed by atoms with E-state index in [0.717, 1.165) is 37.6 Å². The van der Waals surface area contributed by atoms with Crippen LogP contribution < -0.4 is 0 Å². The molecule has 2 nitrogen and oxygen atoms in total. The fourth-order valence-corrected chi connectivity index (χ4v) is 1.92. The summed E-state index contributed by atoms with van der Waals surface area (Å²) < 4.78 is 0. The number of unbranched alkanes of at least 4 members (excludes halogenated alkanes) is 1. The van der Waals surface area contributed by atoms with Crippen molar-refractivity contribution in [2.24, 2.45) is 5.92 Å². The summed E-state index contributed by atoms with van der Waals surface area (Å²) in [6.07, 6.45) is 5.39. The Morgan fingerprint density at radius 3 is 2.47 bits per heavy atom. The van der Waals surface area contributed by atoms with Gasteiger partial charge in [0.2, 0.25) is 5.91 Å². The lowest BCUT2D eigenvalue weighted by Gasteiger charge is -2.22. The second-order valence-electron chi connectivity index (χ2n) is 4.05. The van der Waals surface area contributed by atoms with Crippen molar-refractivity contribution in [1.82, 2.24) is 4.90 Å². The highest BCUT2D eigenvalue weighted by molar-refractivity contribution is 9.09. The molecule has 0 saturated heterocycles. The standard InChI is InChI=1S/C12H24BrNO/c1-4-6-8-11(5-2)12(15)14(3)10-7-9-13/h11H,4-10H2,1-3H3. The smallest absolute Gasteiger partial charge is 0.225 e. The molecule has 90 valence electrons. The average molecular weight is 278 g/mol. The van der Waals surface area contributed by atoms with Crippen LogP contribution in [0.15, 0.2) is 0 Å². The van der Waals surface area contributed by atoms with E-state index in [-0.39, 0.29) is 5.92 Å². The Morgan fingerprint density at radius 2 is 2.00 bits per heavy atom. The van der Waals surface area contributed by atoms with Gasteiger partial charge in [0.05, 0.1) is 0 Å². The fraction of sp³-hybridized carbons (Fsp3) is 0.917. The summed E-state index contributed by atoms with van der Waals surface area (Å²) in [6.45, 7) is 5.15. The van der Waals surface area contributed by atoms with Crippen LogP contribution in [0.1, 0.15) is 46.0 Å². The molecular formula is C12H24BrNO. The third kappa shape index (κ3) is 6.18. The van der Waals surface area contributed by atoms with Crippen molar-refractivity contribution in [3.63, 3.8) is 0 Å². The minimum atomic E-state index is 0.241. The third-order valence-corrected chi connectivity index (χ3v) is 3.31. The molecule has 15 heavy (non-hydrogen) atoms. The predicted octanol–water partition coefficient (Wildman–Crippen LogP) is 3.45. The number of rotatable bonds is 8. The van der Waals surface area contributed by atoms with Gasteiger partial charge in [-0.1, -0.05) is 42.6 Å². The van der Waals surface area contributed by atoms with Crippen LogP contribution in [0.4, 0.5) is 0 Å². The molecule has 3 heteroatoms. The van der Waals surface area contributed by atoms with Crippen LogP contribution in [-0.2, 0) is 4.79 Å². The summed E-state index contributed by atoms with van der Waals surface area (Å²) in [5.74, 6) is 0.567. The first kappa shape index (κ1) is 14.9. The van der Waals surface area contributed by atoms with E-state index in [2.05, 4.69) is 29.8 Å². The van der Waals surface area contributed by atoms with E-state index in [0.29, 0.717) is 5.91 Å². The van der Waals surface area contributed by atoms with Gasteiger partial charge in [0, 0.05) is 24.8 Å². The Balaban J connectivity index is 4.00. The Labute approximate surface area is 103 Å². The number of nitrogens with zero attached hydrogens (tertiary/aromatic N) is 1. The highest BCUT2D eigenvalue weighted by Gasteiger charge is 2.18. The molecule has 0 aliphatic carbocycles. The maximum absolute atomic E-state index is 12.0. The molecule has 0 aromatic rings. The van der Waals surface area contributed by atoms with Gasteiger partial charge in [-0.15, -0.1) is 0 Å². The van der Waals surface area contributed by atoms with E-state index in [9.17, 15) is 4.79 Å². The van der Waals surface area contributed by atoms with Crippen molar-refractivity contribution in [1.29, 1.82) is 0 Å². The van der Waals surface area contributed by atoms with Crippen LogP contribution in [0.3, 0.4) is 0 Å². The summed E-state index contributed by atoms with van der Waals surface area (Å²) in [5, 5.41) is 0.969. The number of halogens is 1. The second-order valence-corrected chi connectivity index (χ2v) is 4.84. The normalized spacial score (nSPS) is 12.5. The van der Waals surface area contributed by atoms with Gasteiger partial charge in [0.15, 0.2) is 0 Å². The molecule has 0 bridgehead atoms. The zero-order chi connectivity index (χ0) is 11.7. The van der Waals surface area contributed by atoms with Crippen molar-refractivity contribution in [2.45, 2.75) is 46.0 Å². The minimum Gasteiger partial charge on any atom is -0.345 e. The van der Waals surface area contributed by atoms with Crippen LogP contribution in [0, 0.1) is 5.92 Å². The van der Waals surface area contributed by atoms with Crippen LogP contribution >= 0.6 is 15.9 Å². The van der Waals surface area contributed by atoms with E-state index >= 15 is 0 Å².